The quantitative estimate of drug-likeness (QED) is 0.776. The molecule has 1 heterocycles. The van der Waals surface area contributed by atoms with Crippen molar-refractivity contribution in [3.05, 3.63) is 35.6 Å². The number of hydrogen-bond donors (Lipinski definition) is 2. The summed E-state index contributed by atoms with van der Waals surface area (Å²) >= 11 is 0.962. The van der Waals surface area contributed by atoms with Crippen molar-refractivity contribution in [2.24, 2.45) is 5.92 Å². The van der Waals surface area contributed by atoms with E-state index in [1.807, 2.05) is 0 Å². The van der Waals surface area contributed by atoms with Gasteiger partial charge in [0.15, 0.2) is 5.12 Å². The van der Waals surface area contributed by atoms with Gasteiger partial charge in [-0.05, 0) is 31.5 Å². The predicted octanol–water partition coefficient (Wildman–Crippen LogP) is 2.74. The fourth-order valence-corrected chi connectivity index (χ4v) is 4.24. The Morgan fingerprint density at radius 2 is 2.08 bits per heavy atom. The maximum Gasteiger partial charge on any atom is 0.521 e. The van der Waals surface area contributed by atoms with Gasteiger partial charge in [-0.25, -0.2) is 9.18 Å². The number of nitrogens with zero attached hydrogens (tertiary/aromatic N) is 1. The molecule has 1 aromatic rings. The number of imide groups is 1. The normalized spacial score (nSPS) is 29.3. The van der Waals surface area contributed by atoms with Crippen molar-refractivity contribution in [1.29, 1.82) is 0 Å². The van der Waals surface area contributed by atoms with E-state index in [2.05, 4.69) is 0 Å². The lowest BCUT2D eigenvalue weighted by Gasteiger charge is -2.32. The third-order valence-corrected chi connectivity index (χ3v) is 6.02. The number of rotatable bonds is 4. The van der Waals surface area contributed by atoms with E-state index in [-0.39, 0.29) is 29.4 Å². The fraction of sp³-hybridized carbons (Fsp3) is 0.500. The molecule has 26 heavy (non-hydrogen) atoms. The van der Waals surface area contributed by atoms with E-state index in [0.29, 0.717) is 0 Å². The molecule has 0 spiro atoms. The van der Waals surface area contributed by atoms with Gasteiger partial charge in [0.1, 0.15) is 24.0 Å². The zero-order valence-corrected chi connectivity index (χ0v) is 15.8. The minimum Gasteiger partial charge on any atom is -0.435 e. The Hall–Kier alpha value is -1.77. The number of halogens is 1. The third kappa shape index (κ3) is 3.67. The van der Waals surface area contributed by atoms with Gasteiger partial charge in [0.05, 0.1) is 5.92 Å². The SMILES string of the molecule is CC(=O)SCC(C)C(=O)[N@+]1(C(=O)O)CC(O)(c2cccc(F)c2)CC1C. The van der Waals surface area contributed by atoms with E-state index >= 15 is 0 Å². The monoisotopic (exact) mass is 384 g/mol. The number of carbonyl (C=O) groups is 3. The van der Waals surface area contributed by atoms with Gasteiger partial charge in [0.2, 0.25) is 0 Å². The van der Waals surface area contributed by atoms with Crippen LogP contribution in [0.5, 0.6) is 0 Å². The molecule has 0 bridgehead atoms. The first-order chi connectivity index (χ1) is 12.0. The summed E-state index contributed by atoms with van der Waals surface area (Å²) in [5.41, 5.74) is -1.37. The first-order valence-electron chi connectivity index (χ1n) is 8.30. The lowest BCUT2D eigenvalue weighted by Crippen LogP contribution is -2.61. The lowest BCUT2D eigenvalue weighted by atomic mass is 9.91. The van der Waals surface area contributed by atoms with Crippen molar-refractivity contribution in [2.75, 3.05) is 12.3 Å². The topological polar surface area (TPSA) is 91.7 Å². The first kappa shape index (κ1) is 20.5. The van der Waals surface area contributed by atoms with E-state index in [0.717, 1.165) is 17.8 Å². The highest BCUT2D eigenvalue weighted by molar-refractivity contribution is 8.13. The Bertz CT molecular complexity index is 742. The zero-order valence-electron chi connectivity index (χ0n) is 14.9. The third-order valence-electron chi connectivity index (χ3n) is 4.95. The minimum atomic E-state index is -1.62. The summed E-state index contributed by atoms with van der Waals surface area (Å²) in [6.07, 6.45) is -1.34. The average molecular weight is 384 g/mol. The number of thioether (sulfide) groups is 1. The van der Waals surface area contributed by atoms with Gasteiger partial charge in [-0.1, -0.05) is 23.9 Å². The molecule has 1 fully saturated rings. The van der Waals surface area contributed by atoms with Crippen molar-refractivity contribution in [3.63, 3.8) is 0 Å². The van der Waals surface area contributed by atoms with E-state index in [9.17, 15) is 29.0 Å². The molecule has 8 heteroatoms. The highest BCUT2D eigenvalue weighted by Gasteiger charge is 2.63. The molecule has 2 rings (SSSR count). The Morgan fingerprint density at radius 3 is 2.62 bits per heavy atom. The maximum atomic E-state index is 13.6. The summed E-state index contributed by atoms with van der Waals surface area (Å²) in [5, 5.41) is 20.7. The number of likely N-dealkylation sites (tertiary alicyclic amines) is 1. The van der Waals surface area contributed by atoms with Crippen molar-refractivity contribution < 1.29 is 33.5 Å². The summed E-state index contributed by atoms with van der Waals surface area (Å²) in [4.78, 5) is 36.2. The number of hydrogen-bond acceptors (Lipinski definition) is 5. The molecule has 6 nitrogen and oxygen atoms in total. The summed E-state index contributed by atoms with van der Waals surface area (Å²) in [5.74, 6) is -1.61. The van der Waals surface area contributed by atoms with Crippen molar-refractivity contribution >= 4 is 28.9 Å². The van der Waals surface area contributed by atoms with Gasteiger partial charge in [-0.15, -0.1) is 0 Å². The molecule has 1 saturated heterocycles. The molecule has 0 aromatic heterocycles. The van der Waals surface area contributed by atoms with Crippen molar-refractivity contribution in [1.82, 2.24) is 0 Å². The van der Waals surface area contributed by atoms with Gasteiger partial charge in [0, 0.05) is 19.1 Å². The zero-order chi connectivity index (χ0) is 19.7. The number of carboxylic acid groups (broad SMARTS) is 1. The van der Waals surface area contributed by atoms with Gasteiger partial charge < -0.3 is 10.2 Å². The number of aliphatic hydroxyl groups is 1. The second kappa shape index (κ2) is 7.46. The summed E-state index contributed by atoms with van der Waals surface area (Å²) in [7, 11) is 0. The van der Waals surface area contributed by atoms with Crippen molar-refractivity contribution in [2.45, 2.75) is 38.8 Å². The molecular weight excluding hydrogens is 361 g/mol. The van der Waals surface area contributed by atoms with Crippen LogP contribution in [0.15, 0.2) is 24.3 Å². The van der Waals surface area contributed by atoms with Gasteiger partial charge in [-0.3, -0.25) is 4.79 Å². The second-order valence-corrected chi connectivity index (χ2v) is 8.14. The second-order valence-electron chi connectivity index (χ2n) is 6.95. The number of quaternary nitrogens is 1. The lowest BCUT2D eigenvalue weighted by molar-refractivity contribution is -0.797. The number of amides is 2. The van der Waals surface area contributed by atoms with E-state index < -0.39 is 39.9 Å². The average Bonchev–Trinajstić information content (AvgIpc) is 2.85. The van der Waals surface area contributed by atoms with E-state index in [1.165, 1.54) is 25.1 Å². The molecule has 3 unspecified atom stereocenters. The largest absolute Gasteiger partial charge is 0.521 e. The Kier molecular flexibility index (Phi) is 5.89. The molecular formula is C18H23FNO5S+. The molecule has 0 radical (unpaired) electrons. The van der Waals surface area contributed by atoms with Crippen LogP contribution >= 0.6 is 11.8 Å². The number of carbonyl (C=O) groups excluding carboxylic acids is 2. The molecule has 2 amide bonds. The molecule has 1 aliphatic rings. The Morgan fingerprint density at radius 1 is 1.42 bits per heavy atom. The molecule has 4 atom stereocenters. The minimum absolute atomic E-state index is 0.0149. The van der Waals surface area contributed by atoms with Crippen molar-refractivity contribution in [3.8, 4) is 0 Å². The summed E-state index contributed by atoms with van der Waals surface area (Å²) in [6.45, 7) is 4.17. The summed E-state index contributed by atoms with van der Waals surface area (Å²) < 4.78 is 12.6. The van der Waals surface area contributed by atoms with Crippen LogP contribution in [-0.4, -0.2) is 50.2 Å². The highest BCUT2D eigenvalue weighted by atomic mass is 32.2. The van der Waals surface area contributed by atoms with Gasteiger partial charge in [-0.2, -0.15) is 9.28 Å². The molecule has 2 N–H and O–H groups in total. The van der Waals surface area contributed by atoms with Crippen LogP contribution < -0.4 is 0 Å². The fourth-order valence-electron chi connectivity index (χ4n) is 3.62. The Labute approximate surface area is 155 Å². The molecule has 1 aromatic carbocycles. The molecule has 142 valence electrons. The number of benzene rings is 1. The van der Waals surface area contributed by atoms with Gasteiger partial charge in [0.25, 0.3) is 0 Å². The standard InChI is InChI=1S/C18H22FNO5S/c1-11(9-26-13(3)21)16(22)20(17(23)24)10-18(25,8-12(20)2)14-5-4-6-15(19)7-14/h4-7,11-12,25H,8-10H2,1-3H3/p+1/t11?,12?,18?,20-/m0/s1. The van der Waals surface area contributed by atoms with Crippen LogP contribution in [0.4, 0.5) is 9.18 Å². The molecule has 0 aliphatic carbocycles. The molecule has 0 saturated carbocycles. The van der Waals surface area contributed by atoms with Crippen LogP contribution in [0.2, 0.25) is 0 Å². The van der Waals surface area contributed by atoms with Crippen LogP contribution in [0.25, 0.3) is 0 Å². The van der Waals surface area contributed by atoms with Gasteiger partial charge >= 0.3 is 12.0 Å². The smallest absolute Gasteiger partial charge is 0.435 e. The maximum absolute atomic E-state index is 13.6. The molecule has 1 aliphatic heterocycles. The van der Waals surface area contributed by atoms with E-state index in [4.69, 9.17) is 0 Å². The highest BCUT2D eigenvalue weighted by Crippen LogP contribution is 2.42. The first-order valence-corrected chi connectivity index (χ1v) is 9.29. The van der Waals surface area contributed by atoms with Crippen LogP contribution in [-0.2, 0) is 15.2 Å². The summed E-state index contributed by atoms with van der Waals surface area (Å²) in [6, 6.07) is 4.66. The predicted molar refractivity (Wildman–Crippen MR) is 94.8 cm³/mol. The van der Waals surface area contributed by atoms with E-state index in [1.54, 1.807) is 13.8 Å². The van der Waals surface area contributed by atoms with Crippen LogP contribution in [0.3, 0.4) is 0 Å². The van der Waals surface area contributed by atoms with Crippen LogP contribution in [0.1, 0.15) is 32.8 Å². The van der Waals surface area contributed by atoms with Crippen LogP contribution in [0, 0.1) is 11.7 Å². The Balaban J connectivity index is 2.38.